The Bertz CT molecular complexity index is 2250. The molecule has 0 unspecified atom stereocenters. The van der Waals surface area contributed by atoms with Gasteiger partial charge in [0, 0.05) is 22.6 Å². The van der Waals surface area contributed by atoms with E-state index in [2.05, 4.69) is 142 Å². The largest absolute Gasteiger partial charge is 0.464 e. The van der Waals surface area contributed by atoms with Gasteiger partial charge in [-0.25, -0.2) is 4.57 Å². The number of nitriles is 1. The van der Waals surface area contributed by atoms with Gasteiger partial charge in [-0.3, -0.25) is 0 Å². The van der Waals surface area contributed by atoms with Crippen LogP contribution >= 0.6 is 0 Å². The van der Waals surface area contributed by atoms with Crippen LogP contribution < -0.4 is 4.57 Å². The van der Waals surface area contributed by atoms with Crippen LogP contribution in [0.3, 0.4) is 0 Å². The molecular weight excluding hydrogens is 562 g/mol. The lowest BCUT2D eigenvalue weighted by Crippen LogP contribution is -2.30. The average Bonchev–Trinajstić information content (AvgIpc) is 3.64. The molecule has 7 rings (SSSR count). The summed E-state index contributed by atoms with van der Waals surface area (Å²) in [6.45, 7) is 11.3. The molecule has 0 aliphatic rings. The second-order valence-electron chi connectivity index (χ2n) is 12.9. The summed E-state index contributed by atoms with van der Waals surface area (Å²) in [6.07, 6.45) is 1.75. The Hall–Kier alpha value is -5.40. The summed E-state index contributed by atoms with van der Waals surface area (Å²) in [6, 6.07) is 39.0. The number of hydrogen-bond acceptors (Lipinski definition) is 2. The summed E-state index contributed by atoms with van der Waals surface area (Å²) < 4.78 is 10.6. The lowest BCUT2D eigenvalue weighted by atomic mass is 9.87. The van der Waals surface area contributed by atoms with Crippen LogP contribution in [-0.2, 0) is 7.05 Å². The van der Waals surface area contributed by atoms with E-state index in [1.165, 1.54) is 44.6 Å². The van der Waals surface area contributed by atoms with Gasteiger partial charge >= 0.3 is 0 Å². The number of nitrogens with zero attached hydrogens (tertiary/aromatic N) is 3. The molecule has 226 valence electrons. The number of aryl methyl sites for hydroxylation is 2. The molecule has 4 nitrogen and oxygen atoms in total. The van der Waals surface area contributed by atoms with E-state index in [9.17, 15) is 5.26 Å². The van der Waals surface area contributed by atoms with Gasteiger partial charge in [-0.05, 0) is 89.0 Å². The highest BCUT2D eigenvalue weighted by atomic mass is 16.3. The van der Waals surface area contributed by atoms with Crippen LogP contribution in [0.5, 0.6) is 0 Å². The van der Waals surface area contributed by atoms with Crippen LogP contribution in [0.1, 0.15) is 61.8 Å². The van der Waals surface area contributed by atoms with Crippen LogP contribution in [0.2, 0.25) is 0 Å². The smallest absolute Gasteiger partial charge is 0.295 e. The van der Waals surface area contributed by atoms with Crippen LogP contribution in [0.4, 0.5) is 0 Å². The molecule has 0 aliphatic carbocycles. The van der Waals surface area contributed by atoms with Crippen LogP contribution in [0.15, 0.2) is 114 Å². The molecule has 0 bridgehead atoms. The molecule has 0 saturated heterocycles. The van der Waals surface area contributed by atoms with Crippen molar-refractivity contribution in [1.82, 2.24) is 4.57 Å². The molecule has 0 spiro atoms. The number of fused-ring (bicyclic) bond motifs is 2. The van der Waals surface area contributed by atoms with E-state index in [0.29, 0.717) is 5.56 Å². The summed E-state index contributed by atoms with van der Waals surface area (Å²) in [4.78, 5) is 0. The zero-order valence-electron chi connectivity index (χ0n) is 27.3. The van der Waals surface area contributed by atoms with E-state index in [4.69, 9.17) is 4.42 Å². The topological polar surface area (TPSA) is 45.7 Å². The van der Waals surface area contributed by atoms with Crippen molar-refractivity contribution < 1.29 is 8.98 Å². The highest BCUT2D eigenvalue weighted by Crippen LogP contribution is 2.41. The standard InChI is InChI=1S/C42H38N3O/c1-26(2)35-22-34(32-15-13-31(14-16-32)30-10-8-7-9-11-30)23-36(27(3)4)41(35)45-39-21-29(25-43)12-17-38(39)44(6)42(45)37-24-40-33(18-19-46-40)20-28(37)5/h7-24,26-27H,1-6H3/q+1. The number of rotatable bonds is 6. The van der Waals surface area contributed by atoms with Gasteiger partial charge in [-0.15, -0.1) is 0 Å². The molecule has 0 amide bonds. The molecule has 4 heteroatoms. The Morgan fingerprint density at radius 1 is 0.717 bits per heavy atom. The highest BCUT2D eigenvalue weighted by Gasteiger charge is 2.32. The van der Waals surface area contributed by atoms with Gasteiger partial charge in [0.2, 0.25) is 0 Å². The molecule has 0 atom stereocenters. The average molecular weight is 601 g/mol. The van der Waals surface area contributed by atoms with Crippen molar-refractivity contribution in [2.24, 2.45) is 7.05 Å². The first-order valence-electron chi connectivity index (χ1n) is 16.0. The fourth-order valence-corrected chi connectivity index (χ4v) is 6.80. The summed E-state index contributed by atoms with van der Waals surface area (Å²) in [5.41, 5.74) is 14.4. The normalized spacial score (nSPS) is 11.6. The summed E-state index contributed by atoms with van der Waals surface area (Å²) in [5.74, 6) is 1.56. The number of aromatic nitrogens is 2. The number of furan rings is 1. The first-order chi connectivity index (χ1) is 22.2. The second-order valence-corrected chi connectivity index (χ2v) is 12.9. The third kappa shape index (κ3) is 4.89. The van der Waals surface area contributed by atoms with Gasteiger partial charge in [0.05, 0.1) is 30.5 Å². The van der Waals surface area contributed by atoms with Crippen LogP contribution in [0.25, 0.3) is 61.3 Å². The molecule has 5 aromatic carbocycles. The van der Waals surface area contributed by atoms with Crippen molar-refractivity contribution in [3.8, 4) is 45.4 Å². The minimum atomic E-state index is 0.249. The van der Waals surface area contributed by atoms with Crippen molar-refractivity contribution in [2.75, 3.05) is 0 Å². The second kappa shape index (κ2) is 11.5. The summed E-state index contributed by atoms with van der Waals surface area (Å²) in [5, 5.41) is 11.0. The van der Waals surface area contributed by atoms with Gasteiger partial charge in [0.1, 0.15) is 11.3 Å². The Morgan fingerprint density at radius 2 is 1.35 bits per heavy atom. The van der Waals surface area contributed by atoms with E-state index < -0.39 is 0 Å². The van der Waals surface area contributed by atoms with E-state index in [-0.39, 0.29) is 11.8 Å². The lowest BCUT2D eigenvalue weighted by molar-refractivity contribution is -0.633. The zero-order valence-corrected chi connectivity index (χ0v) is 27.3. The Labute approximate surface area is 270 Å². The van der Waals surface area contributed by atoms with Gasteiger partial charge < -0.3 is 4.42 Å². The Balaban J connectivity index is 1.52. The third-order valence-electron chi connectivity index (χ3n) is 9.24. The first-order valence-corrected chi connectivity index (χ1v) is 16.0. The van der Waals surface area contributed by atoms with Crippen molar-refractivity contribution in [3.63, 3.8) is 0 Å². The predicted molar refractivity (Wildman–Crippen MR) is 188 cm³/mol. The maximum atomic E-state index is 9.95. The summed E-state index contributed by atoms with van der Waals surface area (Å²) >= 11 is 0. The lowest BCUT2D eigenvalue weighted by Gasteiger charge is -2.21. The molecule has 0 fully saturated rings. The first kappa shape index (κ1) is 29.3. The van der Waals surface area contributed by atoms with Gasteiger partial charge in [-0.2, -0.15) is 9.83 Å². The van der Waals surface area contributed by atoms with Gasteiger partial charge in [-0.1, -0.05) is 82.3 Å². The zero-order chi connectivity index (χ0) is 32.1. The van der Waals surface area contributed by atoms with Crippen LogP contribution in [0, 0.1) is 18.3 Å². The van der Waals surface area contributed by atoms with E-state index in [1.807, 2.05) is 18.2 Å². The van der Waals surface area contributed by atoms with Gasteiger partial charge in [0.25, 0.3) is 5.82 Å². The minimum absolute atomic E-state index is 0.249. The molecule has 2 heterocycles. The fraction of sp³-hybridized carbons (Fsp3) is 0.190. The van der Waals surface area contributed by atoms with E-state index in [1.54, 1.807) is 6.26 Å². The quantitative estimate of drug-likeness (QED) is 0.178. The molecule has 0 N–H and O–H groups in total. The van der Waals surface area contributed by atoms with Crippen molar-refractivity contribution in [2.45, 2.75) is 46.5 Å². The molecule has 0 aliphatic heterocycles. The monoisotopic (exact) mass is 600 g/mol. The van der Waals surface area contributed by atoms with Crippen LogP contribution in [-0.4, -0.2) is 4.57 Å². The molecule has 2 aromatic heterocycles. The predicted octanol–water partition coefficient (Wildman–Crippen LogP) is 10.6. The van der Waals surface area contributed by atoms with E-state index in [0.717, 1.165) is 33.4 Å². The number of hydrogen-bond donors (Lipinski definition) is 0. The maximum Gasteiger partial charge on any atom is 0.295 e. The van der Waals surface area contributed by atoms with Crippen molar-refractivity contribution >= 4 is 22.0 Å². The third-order valence-corrected chi connectivity index (χ3v) is 9.24. The van der Waals surface area contributed by atoms with E-state index >= 15 is 0 Å². The molecule has 7 aromatic rings. The maximum absolute atomic E-state index is 9.95. The Kier molecular flexibility index (Phi) is 7.34. The molecule has 0 saturated carbocycles. The SMILES string of the molecule is Cc1cc2ccoc2cc1-c1n(-c2c(C(C)C)cc(-c3ccc(-c4ccccc4)cc3)cc2C(C)C)c2cc(C#N)ccc2[n+]1C. The Morgan fingerprint density at radius 3 is 1.98 bits per heavy atom. The minimum Gasteiger partial charge on any atom is -0.464 e. The molecular formula is C42H38N3O+. The highest BCUT2D eigenvalue weighted by molar-refractivity contribution is 5.87. The van der Waals surface area contributed by atoms with Crippen molar-refractivity contribution in [3.05, 3.63) is 132 Å². The number of benzene rings is 5. The van der Waals surface area contributed by atoms with Gasteiger partial charge in [0.15, 0.2) is 11.0 Å². The number of imidazole rings is 1. The fourth-order valence-electron chi connectivity index (χ4n) is 6.80. The summed E-state index contributed by atoms with van der Waals surface area (Å²) in [7, 11) is 2.12. The van der Waals surface area contributed by atoms with Crippen molar-refractivity contribution in [1.29, 1.82) is 5.26 Å². The molecule has 46 heavy (non-hydrogen) atoms. The molecule has 0 radical (unpaired) electrons.